The molecule has 0 aromatic heterocycles. The van der Waals surface area contributed by atoms with Crippen LogP contribution in [0.5, 0.6) is 0 Å². The summed E-state index contributed by atoms with van der Waals surface area (Å²) in [5.74, 6) is 1.49. The summed E-state index contributed by atoms with van der Waals surface area (Å²) in [5, 5.41) is 6.48. The van der Waals surface area contributed by atoms with E-state index in [-0.39, 0.29) is 11.8 Å². The van der Waals surface area contributed by atoms with E-state index in [0.717, 1.165) is 43.8 Å². The van der Waals surface area contributed by atoms with E-state index in [9.17, 15) is 4.79 Å². The minimum atomic E-state index is 0.213. The van der Waals surface area contributed by atoms with Crippen molar-refractivity contribution in [1.29, 1.82) is 0 Å². The fourth-order valence-electron chi connectivity index (χ4n) is 3.26. The van der Waals surface area contributed by atoms with Crippen molar-refractivity contribution in [3.8, 4) is 0 Å². The topological polar surface area (TPSA) is 41.1 Å². The van der Waals surface area contributed by atoms with E-state index in [0.29, 0.717) is 5.41 Å². The van der Waals surface area contributed by atoms with Crippen LogP contribution in [0.4, 0.5) is 5.69 Å². The Bertz CT molecular complexity index is 497. The van der Waals surface area contributed by atoms with Crippen molar-refractivity contribution in [2.45, 2.75) is 31.1 Å². The minimum absolute atomic E-state index is 0.213. The highest BCUT2D eigenvalue weighted by Gasteiger charge is 2.57. The van der Waals surface area contributed by atoms with Gasteiger partial charge in [-0.2, -0.15) is 0 Å². The average Bonchev–Trinajstić information content (AvgIpc) is 3.14. The molecule has 2 fully saturated rings. The van der Waals surface area contributed by atoms with Gasteiger partial charge in [0.2, 0.25) is 5.91 Å². The molecule has 1 saturated heterocycles. The van der Waals surface area contributed by atoms with Crippen LogP contribution < -0.4 is 10.6 Å². The first-order valence-electron chi connectivity index (χ1n) is 7.48. The molecule has 108 valence electrons. The van der Waals surface area contributed by atoms with Crippen molar-refractivity contribution in [1.82, 2.24) is 5.32 Å². The van der Waals surface area contributed by atoms with E-state index in [1.165, 1.54) is 4.90 Å². The van der Waals surface area contributed by atoms with E-state index >= 15 is 0 Å². The smallest absolute Gasteiger partial charge is 0.228 e. The van der Waals surface area contributed by atoms with Gasteiger partial charge in [-0.3, -0.25) is 4.79 Å². The zero-order chi connectivity index (χ0) is 14.0. The maximum absolute atomic E-state index is 12.4. The van der Waals surface area contributed by atoms with Crippen LogP contribution in [0.1, 0.15) is 26.2 Å². The maximum Gasteiger partial charge on any atom is 0.228 e. The molecule has 1 aliphatic heterocycles. The Hall–Kier alpha value is -1.00. The number of carbonyl (C=O) groups is 1. The molecule has 4 heteroatoms. The fraction of sp³-hybridized carbons (Fsp3) is 0.562. The van der Waals surface area contributed by atoms with Crippen LogP contribution >= 0.6 is 11.8 Å². The highest BCUT2D eigenvalue weighted by Crippen LogP contribution is 2.58. The lowest BCUT2D eigenvalue weighted by Gasteiger charge is -2.23. The number of nitrogens with one attached hydrogen (secondary N) is 2. The monoisotopic (exact) mass is 290 g/mol. The van der Waals surface area contributed by atoms with Gasteiger partial charge in [0.05, 0.1) is 0 Å². The molecule has 1 amide bonds. The number of hydrogen-bond acceptors (Lipinski definition) is 3. The molecule has 2 N–H and O–H groups in total. The lowest BCUT2D eigenvalue weighted by atomic mass is 9.92. The highest BCUT2D eigenvalue weighted by molar-refractivity contribution is 7.99. The van der Waals surface area contributed by atoms with E-state index in [2.05, 4.69) is 29.7 Å². The van der Waals surface area contributed by atoms with Crippen LogP contribution in [0.25, 0.3) is 0 Å². The first-order chi connectivity index (χ1) is 9.73. The second kappa shape index (κ2) is 5.78. The molecule has 0 bridgehead atoms. The molecule has 3 rings (SSSR count). The first-order valence-corrected chi connectivity index (χ1v) is 8.46. The predicted octanol–water partition coefficient (Wildman–Crippen LogP) is 3.13. The number of piperidine rings is 1. The normalized spacial score (nSPS) is 23.6. The second-order valence-corrected chi connectivity index (χ2v) is 7.16. The Labute approximate surface area is 124 Å². The Morgan fingerprint density at radius 1 is 1.45 bits per heavy atom. The number of rotatable bonds is 4. The van der Waals surface area contributed by atoms with E-state index < -0.39 is 0 Å². The lowest BCUT2D eigenvalue weighted by molar-refractivity contribution is -0.118. The Morgan fingerprint density at radius 3 is 3.00 bits per heavy atom. The van der Waals surface area contributed by atoms with Gasteiger partial charge in [-0.25, -0.2) is 0 Å². The van der Waals surface area contributed by atoms with Crippen LogP contribution in [0.15, 0.2) is 29.2 Å². The molecule has 1 atom stereocenters. The zero-order valence-corrected chi connectivity index (χ0v) is 12.8. The van der Waals surface area contributed by atoms with E-state index in [1.54, 1.807) is 11.8 Å². The summed E-state index contributed by atoms with van der Waals surface area (Å²) < 4.78 is 0. The Morgan fingerprint density at radius 2 is 2.25 bits per heavy atom. The van der Waals surface area contributed by atoms with Crippen molar-refractivity contribution in [3.05, 3.63) is 24.3 Å². The van der Waals surface area contributed by atoms with Gasteiger partial charge in [-0.15, -0.1) is 11.8 Å². The van der Waals surface area contributed by atoms with Gasteiger partial charge in [0.1, 0.15) is 0 Å². The number of anilines is 1. The van der Waals surface area contributed by atoms with Crippen molar-refractivity contribution >= 4 is 23.4 Å². The quantitative estimate of drug-likeness (QED) is 0.837. The Kier molecular flexibility index (Phi) is 4.03. The summed E-state index contributed by atoms with van der Waals surface area (Å²) in [4.78, 5) is 13.6. The molecule has 1 aliphatic carbocycles. The molecular weight excluding hydrogens is 268 g/mol. The number of hydrogen-bond donors (Lipinski definition) is 2. The van der Waals surface area contributed by atoms with E-state index in [1.807, 2.05) is 12.1 Å². The van der Waals surface area contributed by atoms with Gasteiger partial charge in [-0.1, -0.05) is 13.0 Å². The third-order valence-corrected chi connectivity index (χ3v) is 5.39. The largest absolute Gasteiger partial charge is 0.326 e. The number of carbonyl (C=O) groups excluding carboxylic acids is 1. The summed E-state index contributed by atoms with van der Waals surface area (Å²) >= 11 is 1.80. The predicted molar refractivity (Wildman–Crippen MR) is 84.1 cm³/mol. The van der Waals surface area contributed by atoms with Crippen molar-refractivity contribution in [2.75, 3.05) is 24.2 Å². The summed E-state index contributed by atoms with van der Waals surface area (Å²) in [6.07, 6.45) is 3.37. The molecule has 1 aromatic carbocycles. The molecule has 0 radical (unpaired) electrons. The molecular formula is C16H22N2OS. The summed E-state index contributed by atoms with van der Waals surface area (Å²) in [5.41, 5.74) is 1.25. The molecule has 20 heavy (non-hydrogen) atoms. The Balaban J connectivity index is 1.61. The molecule has 3 nitrogen and oxygen atoms in total. The SMILES string of the molecule is CCSc1cccc(NC(=O)C2CC23CCNCC3)c1. The number of thioether (sulfide) groups is 1. The molecule has 1 unspecified atom stereocenters. The highest BCUT2D eigenvalue weighted by atomic mass is 32.2. The van der Waals surface area contributed by atoms with Gasteiger partial charge in [-0.05, 0) is 61.7 Å². The molecule has 1 heterocycles. The van der Waals surface area contributed by atoms with Crippen molar-refractivity contribution < 1.29 is 4.79 Å². The molecule has 1 saturated carbocycles. The molecule has 1 spiro atoms. The van der Waals surface area contributed by atoms with Crippen LogP contribution in [-0.2, 0) is 4.79 Å². The number of benzene rings is 1. The summed E-state index contributed by atoms with van der Waals surface area (Å²) in [6, 6.07) is 8.16. The van der Waals surface area contributed by atoms with Gasteiger partial charge < -0.3 is 10.6 Å². The van der Waals surface area contributed by atoms with Crippen LogP contribution in [0, 0.1) is 11.3 Å². The third-order valence-electron chi connectivity index (χ3n) is 4.52. The maximum atomic E-state index is 12.4. The van der Waals surface area contributed by atoms with Crippen LogP contribution in [0.2, 0.25) is 0 Å². The third kappa shape index (κ3) is 2.86. The summed E-state index contributed by atoms with van der Waals surface area (Å²) in [7, 11) is 0. The first kappa shape index (κ1) is 14.0. The molecule has 2 aliphatic rings. The minimum Gasteiger partial charge on any atom is -0.326 e. The summed E-state index contributed by atoms with van der Waals surface area (Å²) in [6.45, 7) is 4.26. The van der Waals surface area contributed by atoms with Crippen molar-refractivity contribution in [3.63, 3.8) is 0 Å². The zero-order valence-electron chi connectivity index (χ0n) is 11.9. The lowest BCUT2D eigenvalue weighted by Crippen LogP contribution is -2.31. The standard InChI is InChI=1S/C16H22N2OS/c1-2-20-13-5-3-4-12(10-13)18-15(19)14-11-16(14)6-8-17-9-7-16/h3-5,10,14,17H,2,6-9,11H2,1H3,(H,18,19). The van der Waals surface area contributed by atoms with Gasteiger partial charge in [0.15, 0.2) is 0 Å². The van der Waals surface area contributed by atoms with Crippen molar-refractivity contribution in [2.24, 2.45) is 11.3 Å². The second-order valence-electron chi connectivity index (χ2n) is 5.82. The van der Waals surface area contributed by atoms with Gasteiger partial charge in [0, 0.05) is 16.5 Å². The average molecular weight is 290 g/mol. The van der Waals surface area contributed by atoms with Crippen LogP contribution in [0.3, 0.4) is 0 Å². The fourth-order valence-corrected chi connectivity index (χ4v) is 3.97. The molecule has 1 aromatic rings. The van der Waals surface area contributed by atoms with E-state index in [4.69, 9.17) is 0 Å². The van der Waals surface area contributed by atoms with Gasteiger partial charge in [0.25, 0.3) is 0 Å². The number of amides is 1. The van der Waals surface area contributed by atoms with Crippen LogP contribution in [-0.4, -0.2) is 24.7 Å². The van der Waals surface area contributed by atoms with Gasteiger partial charge >= 0.3 is 0 Å².